The monoisotopic (exact) mass is 294 g/mol. The summed E-state index contributed by atoms with van der Waals surface area (Å²) in [5, 5.41) is 7.94. The third-order valence-electron chi connectivity index (χ3n) is 4.13. The van der Waals surface area contributed by atoms with Crippen molar-refractivity contribution in [3.8, 4) is 0 Å². The number of nitrogens with zero attached hydrogens (tertiary/aromatic N) is 3. The molecule has 1 aromatic rings. The van der Waals surface area contributed by atoms with Gasteiger partial charge in [0.15, 0.2) is 0 Å². The van der Waals surface area contributed by atoms with Crippen molar-refractivity contribution in [1.82, 2.24) is 20.0 Å². The molecule has 2 aliphatic heterocycles. The molecule has 1 N–H and O–H groups in total. The molecule has 6 heteroatoms. The zero-order valence-electron chi connectivity index (χ0n) is 11.9. The zero-order valence-corrected chi connectivity index (χ0v) is 12.7. The molecule has 3 heterocycles. The number of rotatable bonds is 3. The van der Waals surface area contributed by atoms with Gasteiger partial charge in [0.05, 0.1) is 12.2 Å². The Morgan fingerprint density at radius 2 is 2.40 bits per heavy atom. The van der Waals surface area contributed by atoms with Crippen LogP contribution in [-0.2, 0) is 7.05 Å². The lowest BCUT2D eigenvalue weighted by atomic mass is 10.1. The molecule has 2 unspecified atom stereocenters. The van der Waals surface area contributed by atoms with Gasteiger partial charge in [-0.25, -0.2) is 4.79 Å². The van der Waals surface area contributed by atoms with Crippen molar-refractivity contribution in [2.75, 3.05) is 18.8 Å². The molecule has 2 fully saturated rings. The Labute approximate surface area is 124 Å². The largest absolute Gasteiger partial charge is 0.337 e. The normalized spacial score (nSPS) is 26.1. The maximum Gasteiger partial charge on any atom is 0.317 e. The maximum absolute atomic E-state index is 12.4. The quantitative estimate of drug-likeness (QED) is 0.929. The number of carbonyl (C=O) groups is 1. The van der Waals surface area contributed by atoms with Crippen molar-refractivity contribution >= 4 is 17.8 Å². The SMILES string of the molecule is Cn1cc(C2CCCN2C(=O)NCC2CCCS2)cn1. The molecule has 0 bridgehead atoms. The standard InChI is InChI=1S/C14H22N4OS/c1-17-10-11(8-16-17)13-5-2-6-18(13)14(19)15-9-12-4-3-7-20-12/h8,10,12-13H,2-7,9H2,1H3,(H,15,19). The fraction of sp³-hybridized carbons (Fsp3) is 0.714. The smallest absolute Gasteiger partial charge is 0.317 e. The van der Waals surface area contributed by atoms with Gasteiger partial charge in [-0.2, -0.15) is 16.9 Å². The first-order chi connectivity index (χ1) is 9.74. The van der Waals surface area contributed by atoms with Gasteiger partial charge in [0.2, 0.25) is 0 Å². The van der Waals surface area contributed by atoms with Crippen molar-refractivity contribution in [3.05, 3.63) is 18.0 Å². The molecule has 5 nitrogen and oxygen atoms in total. The zero-order chi connectivity index (χ0) is 13.9. The summed E-state index contributed by atoms with van der Waals surface area (Å²) in [5.74, 6) is 1.24. The van der Waals surface area contributed by atoms with Gasteiger partial charge in [-0.05, 0) is 31.4 Å². The van der Waals surface area contributed by atoms with Crippen LogP contribution < -0.4 is 5.32 Å². The van der Waals surface area contributed by atoms with E-state index in [1.165, 1.54) is 18.6 Å². The molecular weight excluding hydrogens is 272 g/mol. The van der Waals surface area contributed by atoms with E-state index in [0.29, 0.717) is 5.25 Å². The van der Waals surface area contributed by atoms with E-state index in [0.717, 1.165) is 31.5 Å². The van der Waals surface area contributed by atoms with Gasteiger partial charge in [-0.15, -0.1) is 0 Å². The summed E-state index contributed by atoms with van der Waals surface area (Å²) in [5.41, 5.74) is 1.15. The third-order valence-corrected chi connectivity index (χ3v) is 5.53. The highest BCUT2D eigenvalue weighted by Crippen LogP contribution is 2.31. The van der Waals surface area contributed by atoms with Crippen molar-refractivity contribution in [2.45, 2.75) is 37.0 Å². The second kappa shape index (κ2) is 6.08. The highest BCUT2D eigenvalue weighted by Gasteiger charge is 2.31. The summed E-state index contributed by atoms with van der Waals surface area (Å²) in [6.45, 7) is 1.66. The minimum absolute atomic E-state index is 0.0869. The summed E-state index contributed by atoms with van der Waals surface area (Å²) in [6, 6.07) is 0.281. The van der Waals surface area contributed by atoms with Crippen LogP contribution in [0.4, 0.5) is 4.79 Å². The van der Waals surface area contributed by atoms with Gasteiger partial charge in [-0.1, -0.05) is 0 Å². The second-order valence-corrected chi connectivity index (χ2v) is 7.03. The molecule has 0 aromatic carbocycles. The summed E-state index contributed by atoms with van der Waals surface area (Å²) < 4.78 is 1.80. The highest BCUT2D eigenvalue weighted by molar-refractivity contribution is 8.00. The summed E-state index contributed by atoms with van der Waals surface area (Å²) in [6.07, 6.45) is 8.53. The molecule has 2 atom stereocenters. The van der Waals surface area contributed by atoms with Crippen LogP contribution in [0.5, 0.6) is 0 Å². The van der Waals surface area contributed by atoms with Crippen molar-refractivity contribution in [2.24, 2.45) is 7.05 Å². The average Bonchev–Trinajstić information content (AvgIpc) is 3.16. The molecule has 110 valence electrons. The number of aryl methyl sites for hydroxylation is 1. The number of nitrogens with one attached hydrogen (secondary N) is 1. The van der Waals surface area contributed by atoms with Gasteiger partial charge in [-0.3, -0.25) is 4.68 Å². The first-order valence-electron chi connectivity index (χ1n) is 7.38. The van der Waals surface area contributed by atoms with Crippen LogP contribution in [0.25, 0.3) is 0 Å². The molecular formula is C14H22N4OS. The Morgan fingerprint density at radius 1 is 1.50 bits per heavy atom. The van der Waals surface area contributed by atoms with Crippen molar-refractivity contribution in [3.63, 3.8) is 0 Å². The van der Waals surface area contributed by atoms with Crippen LogP contribution in [0, 0.1) is 0 Å². The van der Waals surface area contributed by atoms with Gasteiger partial charge < -0.3 is 10.2 Å². The van der Waals surface area contributed by atoms with E-state index in [2.05, 4.69) is 10.4 Å². The lowest BCUT2D eigenvalue weighted by molar-refractivity contribution is 0.193. The van der Waals surface area contributed by atoms with E-state index in [1.807, 2.05) is 36.1 Å². The van der Waals surface area contributed by atoms with Crippen LogP contribution in [0.3, 0.4) is 0 Å². The minimum Gasteiger partial charge on any atom is -0.337 e. The summed E-state index contributed by atoms with van der Waals surface area (Å²) in [7, 11) is 1.92. The van der Waals surface area contributed by atoms with E-state index in [4.69, 9.17) is 0 Å². The van der Waals surface area contributed by atoms with E-state index >= 15 is 0 Å². The fourth-order valence-electron chi connectivity index (χ4n) is 3.08. The number of hydrogen-bond acceptors (Lipinski definition) is 3. The van der Waals surface area contributed by atoms with E-state index < -0.39 is 0 Å². The number of thioether (sulfide) groups is 1. The number of likely N-dealkylation sites (tertiary alicyclic amines) is 1. The van der Waals surface area contributed by atoms with E-state index in [9.17, 15) is 4.79 Å². The molecule has 20 heavy (non-hydrogen) atoms. The number of urea groups is 1. The van der Waals surface area contributed by atoms with Gasteiger partial charge >= 0.3 is 6.03 Å². The first-order valence-corrected chi connectivity index (χ1v) is 8.43. The van der Waals surface area contributed by atoms with Crippen molar-refractivity contribution in [1.29, 1.82) is 0 Å². The number of hydrogen-bond donors (Lipinski definition) is 1. The molecule has 0 saturated carbocycles. The number of aromatic nitrogens is 2. The van der Waals surface area contributed by atoms with Crippen LogP contribution in [0.15, 0.2) is 12.4 Å². The van der Waals surface area contributed by atoms with Gasteiger partial charge in [0.25, 0.3) is 0 Å². The Balaban J connectivity index is 1.58. The van der Waals surface area contributed by atoms with Crippen LogP contribution in [0.2, 0.25) is 0 Å². The fourth-order valence-corrected chi connectivity index (χ4v) is 4.28. The molecule has 0 aliphatic carbocycles. The summed E-state index contributed by atoms with van der Waals surface area (Å²) >= 11 is 1.98. The maximum atomic E-state index is 12.4. The topological polar surface area (TPSA) is 50.2 Å². The molecule has 2 amide bonds. The average molecular weight is 294 g/mol. The van der Waals surface area contributed by atoms with E-state index in [1.54, 1.807) is 4.68 Å². The second-order valence-electron chi connectivity index (χ2n) is 5.62. The molecule has 2 aliphatic rings. The Kier molecular flexibility index (Phi) is 4.19. The van der Waals surface area contributed by atoms with Gasteiger partial charge in [0, 0.05) is 37.1 Å². The minimum atomic E-state index is 0.0869. The lowest BCUT2D eigenvalue weighted by Crippen LogP contribution is -2.41. The van der Waals surface area contributed by atoms with Crippen LogP contribution in [0.1, 0.15) is 37.3 Å². The highest BCUT2D eigenvalue weighted by atomic mass is 32.2. The Hall–Kier alpha value is -1.17. The predicted octanol–water partition coefficient (Wildman–Crippen LogP) is 2.16. The van der Waals surface area contributed by atoms with Crippen molar-refractivity contribution < 1.29 is 4.79 Å². The Morgan fingerprint density at radius 3 is 3.10 bits per heavy atom. The molecule has 1 aromatic heterocycles. The molecule has 2 saturated heterocycles. The number of amides is 2. The molecule has 3 rings (SSSR count). The predicted molar refractivity (Wildman–Crippen MR) is 80.8 cm³/mol. The Bertz CT molecular complexity index is 469. The molecule has 0 radical (unpaired) electrons. The lowest BCUT2D eigenvalue weighted by Gasteiger charge is -2.25. The van der Waals surface area contributed by atoms with Gasteiger partial charge in [0.1, 0.15) is 0 Å². The summed E-state index contributed by atoms with van der Waals surface area (Å²) in [4.78, 5) is 14.3. The third kappa shape index (κ3) is 2.95. The van der Waals surface area contributed by atoms with E-state index in [-0.39, 0.29) is 12.1 Å². The first kappa shape index (κ1) is 13.8. The van der Waals surface area contributed by atoms with Crippen LogP contribution >= 0.6 is 11.8 Å². The molecule has 0 spiro atoms. The number of carbonyl (C=O) groups excluding carboxylic acids is 1. The van der Waals surface area contributed by atoms with Crippen LogP contribution in [-0.4, -0.2) is 44.8 Å².